The van der Waals surface area contributed by atoms with Crippen LogP contribution in [0.4, 0.5) is 10.2 Å². The Labute approximate surface area is 143 Å². The predicted octanol–water partition coefficient (Wildman–Crippen LogP) is 1.95. The van der Waals surface area contributed by atoms with Crippen LogP contribution >= 0.6 is 0 Å². The molecule has 25 heavy (non-hydrogen) atoms. The number of carbonyl (C=O) groups excluding carboxylic acids is 1. The van der Waals surface area contributed by atoms with Gasteiger partial charge in [-0.1, -0.05) is 0 Å². The van der Waals surface area contributed by atoms with Crippen molar-refractivity contribution in [3.05, 3.63) is 65.7 Å². The summed E-state index contributed by atoms with van der Waals surface area (Å²) in [4.78, 5) is 11.9. The molecule has 0 aliphatic rings. The summed E-state index contributed by atoms with van der Waals surface area (Å²) in [5.41, 5.74) is 1.32. The fourth-order valence-electron chi connectivity index (χ4n) is 2.15. The average molecular weight is 340 g/mol. The van der Waals surface area contributed by atoms with E-state index in [4.69, 9.17) is 0 Å². The lowest BCUT2D eigenvalue weighted by molar-refractivity contribution is 0.0955. The van der Waals surface area contributed by atoms with Crippen molar-refractivity contribution in [2.75, 3.05) is 18.4 Å². The van der Waals surface area contributed by atoms with Crippen molar-refractivity contribution in [3.8, 4) is 5.82 Å². The zero-order chi connectivity index (χ0) is 17.6. The highest BCUT2D eigenvalue weighted by Crippen LogP contribution is 2.06. The molecule has 7 nitrogen and oxygen atoms in total. The summed E-state index contributed by atoms with van der Waals surface area (Å²) in [6.45, 7) is 2.79. The zero-order valence-corrected chi connectivity index (χ0v) is 13.6. The number of benzene rings is 1. The van der Waals surface area contributed by atoms with Crippen LogP contribution in [0.5, 0.6) is 0 Å². The molecule has 0 unspecified atom stereocenters. The molecule has 0 saturated heterocycles. The van der Waals surface area contributed by atoms with Gasteiger partial charge in [-0.25, -0.2) is 9.07 Å². The first-order chi connectivity index (χ1) is 12.1. The van der Waals surface area contributed by atoms with Gasteiger partial charge in [0.1, 0.15) is 11.6 Å². The number of anilines is 1. The van der Waals surface area contributed by atoms with Crippen LogP contribution in [0.15, 0.2) is 48.7 Å². The molecule has 0 aliphatic carbocycles. The van der Waals surface area contributed by atoms with Crippen molar-refractivity contribution >= 4 is 11.7 Å². The molecule has 0 atom stereocenters. The van der Waals surface area contributed by atoms with Crippen LogP contribution in [0.3, 0.4) is 0 Å². The Hall–Kier alpha value is -3.29. The van der Waals surface area contributed by atoms with Gasteiger partial charge >= 0.3 is 0 Å². The summed E-state index contributed by atoms with van der Waals surface area (Å²) in [6, 6.07) is 10.9. The molecular formula is C17H17FN6O. The lowest BCUT2D eigenvalue weighted by Gasteiger charge is -2.07. The lowest BCUT2D eigenvalue weighted by atomic mass is 10.2. The van der Waals surface area contributed by atoms with Crippen LogP contribution in [0.2, 0.25) is 0 Å². The summed E-state index contributed by atoms with van der Waals surface area (Å²) in [5, 5.41) is 18.2. The highest BCUT2D eigenvalue weighted by molar-refractivity contribution is 5.94. The molecule has 8 heteroatoms. The van der Waals surface area contributed by atoms with E-state index in [1.165, 1.54) is 24.3 Å². The number of amides is 1. The number of aryl methyl sites for hydroxylation is 1. The molecule has 0 radical (unpaired) electrons. The quantitative estimate of drug-likeness (QED) is 0.670. The van der Waals surface area contributed by atoms with Crippen LogP contribution in [0, 0.1) is 12.7 Å². The van der Waals surface area contributed by atoms with Gasteiger partial charge in [-0.2, -0.15) is 5.10 Å². The number of hydrogen-bond donors (Lipinski definition) is 2. The highest BCUT2D eigenvalue weighted by Gasteiger charge is 2.05. The van der Waals surface area contributed by atoms with Gasteiger partial charge in [-0.3, -0.25) is 4.79 Å². The van der Waals surface area contributed by atoms with Gasteiger partial charge in [0, 0.05) is 24.8 Å². The molecule has 1 amide bonds. The monoisotopic (exact) mass is 340 g/mol. The Morgan fingerprint density at radius 2 is 1.88 bits per heavy atom. The van der Waals surface area contributed by atoms with Crippen molar-refractivity contribution < 1.29 is 9.18 Å². The molecule has 0 saturated carbocycles. The normalized spacial score (nSPS) is 10.5. The fourth-order valence-corrected chi connectivity index (χ4v) is 2.15. The summed E-state index contributed by atoms with van der Waals surface area (Å²) < 4.78 is 14.5. The molecule has 0 spiro atoms. The number of nitrogens with zero attached hydrogens (tertiary/aromatic N) is 4. The first kappa shape index (κ1) is 16.6. The predicted molar refractivity (Wildman–Crippen MR) is 91.1 cm³/mol. The van der Waals surface area contributed by atoms with Gasteiger partial charge in [0.2, 0.25) is 0 Å². The van der Waals surface area contributed by atoms with E-state index in [9.17, 15) is 9.18 Å². The van der Waals surface area contributed by atoms with Crippen LogP contribution in [-0.2, 0) is 0 Å². The van der Waals surface area contributed by atoms with Crippen LogP contribution in [0.25, 0.3) is 5.82 Å². The Morgan fingerprint density at radius 1 is 1.08 bits per heavy atom. The molecule has 3 rings (SSSR count). The van der Waals surface area contributed by atoms with E-state index in [1.54, 1.807) is 16.8 Å². The first-order valence-corrected chi connectivity index (χ1v) is 7.76. The maximum atomic E-state index is 12.8. The van der Waals surface area contributed by atoms with E-state index in [0.29, 0.717) is 30.3 Å². The minimum absolute atomic E-state index is 0.253. The maximum Gasteiger partial charge on any atom is 0.251 e. The zero-order valence-electron chi connectivity index (χ0n) is 13.6. The third-order valence-corrected chi connectivity index (χ3v) is 3.43. The van der Waals surface area contributed by atoms with E-state index in [-0.39, 0.29) is 11.7 Å². The molecule has 3 aromatic rings. The number of hydrogen-bond acceptors (Lipinski definition) is 5. The molecule has 0 aliphatic heterocycles. The van der Waals surface area contributed by atoms with Crippen molar-refractivity contribution in [3.63, 3.8) is 0 Å². The summed E-state index contributed by atoms with van der Waals surface area (Å²) in [6.07, 6.45) is 1.82. The SMILES string of the molecule is Cc1ccn(-c2ccc(NCCNC(=O)c3ccc(F)cc3)nn2)n1. The Morgan fingerprint density at radius 3 is 2.52 bits per heavy atom. The van der Waals surface area contributed by atoms with Crippen molar-refractivity contribution in [1.82, 2.24) is 25.3 Å². The molecule has 0 fully saturated rings. The van der Waals surface area contributed by atoms with E-state index in [1.807, 2.05) is 19.2 Å². The first-order valence-electron chi connectivity index (χ1n) is 7.76. The van der Waals surface area contributed by atoms with E-state index < -0.39 is 0 Å². The number of nitrogens with one attached hydrogen (secondary N) is 2. The summed E-state index contributed by atoms with van der Waals surface area (Å²) in [5.74, 6) is 0.606. The van der Waals surface area contributed by atoms with Gasteiger partial charge in [-0.05, 0) is 49.4 Å². The minimum Gasteiger partial charge on any atom is -0.367 e. The third kappa shape index (κ3) is 4.37. The molecule has 2 N–H and O–H groups in total. The van der Waals surface area contributed by atoms with Crippen LogP contribution in [0.1, 0.15) is 16.1 Å². The van der Waals surface area contributed by atoms with Crippen molar-refractivity contribution in [2.24, 2.45) is 0 Å². The van der Waals surface area contributed by atoms with Crippen LogP contribution in [-0.4, -0.2) is 39.0 Å². The summed E-state index contributed by atoms with van der Waals surface area (Å²) in [7, 11) is 0. The molecule has 2 heterocycles. The second-order valence-electron chi connectivity index (χ2n) is 5.37. The topological polar surface area (TPSA) is 84.7 Å². The third-order valence-electron chi connectivity index (χ3n) is 3.43. The highest BCUT2D eigenvalue weighted by atomic mass is 19.1. The molecule has 1 aromatic carbocycles. The number of rotatable bonds is 6. The second-order valence-corrected chi connectivity index (χ2v) is 5.37. The minimum atomic E-state index is -0.370. The fraction of sp³-hybridized carbons (Fsp3) is 0.176. The smallest absolute Gasteiger partial charge is 0.251 e. The van der Waals surface area contributed by atoms with Gasteiger partial charge in [0.05, 0.1) is 5.69 Å². The van der Waals surface area contributed by atoms with Gasteiger partial charge < -0.3 is 10.6 Å². The number of aromatic nitrogens is 4. The van der Waals surface area contributed by atoms with E-state index in [2.05, 4.69) is 25.9 Å². The Bertz CT molecular complexity index is 844. The molecule has 2 aromatic heterocycles. The molecular weight excluding hydrogens is 323 g/mol. The van der Waals surface area contributed by atoms with E-state index >= 15 is 0 Å². The molecule has 128 valence electrons. The maximum absolute atomic E-state index is 12.8. The number of halogens is 1. The molecule has 0 bridgehead atoms. The van der Waals surface area contributed by atoms with Crippen LogP contribution < -0.4 is 10.6 Å². The number of carbonyl (C=O) groups is 1. The van der Waals surface area contributed by atoms with Crippen molar-refractivity contribution in [1.29, 1.82) is 0 Å². The average Bonchev–Trinajstić information content (AvgIpc) is 3.06. The van der Waals surface area contributed by atoms with Crippen molar-refractivity contribution in [2.45, 2.75) is 6.92 Å². The standard InChI is InChI=1S/C17H17FN6O/c1-12-8-11-24(23-12)16-7-6-15(21-22-16)19-9-10-20-17(25)13-2-4-14(18)5-3-13/h2-8,11H,9-10H2,1H3,(H,19,21)(H,20,25). The summed E-state index contributed by atoms with van der Waals surface area (Å²) >= 11 is 0. The second kappa shape index (κ2) is 7.52. The van der Waals surface area contributed by atoms with E-state index in [0.717, 1.165) is 5.69 Å². The van der Waals surface area contributed by atoms with Gasteiger partial charge in [0.15, 0.2) is 5.82 Å². The van der Waals surface area contributed by atoms with Gasteiger partial charge in [0.25, 0.3) is 5.91 Å². The Balaban J connectivity index is 1.46. The Kier molecular flexibility index (Phi) is 4.98. The van der Waals surface area contributed by atoms with Gasteiger partial charge in [-0.15, -0.1) is 10.2 Å². The lowest BCUT2D eigenvalue weighted by Crippen LogP contribution is -2.28. The largest absolute Gasteiger partial charge is 0.367 e.